The first kappa shape index (κ1) is 40.4. The van der Waals surface area contributed by atoms with Gasteiger partial charge in [0.2, 0.25) is 9.84 Å². The fourth-order valence-corrected chi connectivity index (χ4v) is 9.74. The van der Waals surface area contributed by atoms with Crippen molar-refractivity contribution in [2.45, 2.75) is 109 Å². The van der Waals surface area contributed by atoms with Crippen LogP contribution in [0.3, 0.4) is 0 Å². The Kier molecular flexibility index (Phi) is 9.33. The van der Waals surface area contributed by atoms with Gasteiger partial charge in [0, 0.05) is 52.1 Å². The molecule has 2 aliphatic heterocycles. The van der Waals surface area contributed by atoms with Crippen LogP contribution in [-0.2, 0) is 26.1 Å². The van der Waals surface area contributed by atoms with Crippen LogP contribution >= 0.6 is 0 Å². The molecule has 0 atom stereocenters. The standard InChI is InChI=1S/C53H58N2O3S/c1-33-27-34(50(2,3)4)15-14-26-54(43-21-16-35(28-40(33)43)51(5,6)7)38-19-24-48-46(31-38)58-47-32-39(20-25-49(47)59(48,56)57)55-44-22-17-36(52(8,9)10)29-41(44)42-30-37(53(11,12)13)18-23-45(42)55/h14-25,27-32H,1,26H2,2-13H3/b15-14-,34-27+. The zero-order valence-corrected chi connectivity index (χ0v) is 37.7. The van der Waals surface area contributed by atoms with Gasteiger partial charge in [-0.3, -0.25) is 0 Å². The van der Waals surface area contributed by atoms with Gasteiger partial charge in [-0.05, 0) is 110 Å². The second-order valence-electron chi connectivity index (χ2n) is 20.5. The number of benzene rings is 5. The number of rotatable bonds is 2. The van der Waals surface area contributed by atoms with Gasteiger partial charge in [-0.2, -0.15) is 0 Å². The minimum Gasteiger partial charge on any atom is -0.454 e. The number of sulfone groups is 1. The molecule has 8 rings (SSSR count). The summed E-state index contributed by atoms with van der Waals surface area (Å²) in [6.45, 7) is 31.9. The smallest absolute Gasteiger partial charge is 0.213 e. The molecule has 5 nitrogen and oxygen atoms in total. The summed E-state index contributed by atoms with van der Waals surface area (Å²) in [6, 6.07) is 31.0. The van der Waals surface area contributed by atoms with Gasteiger partial charge in [0.05, 0.1) is 11.0 Å². The van der Waals surface area contributed by atoms with Crippen molar-refractivity contribution >= 4 is 48.6 Å². The Bertz CT molecular complexity index is 2820. The molecule has 5 aromatic carbocycles. The Labute approximate surface area is 351 Å². The van der Waals surface area contributed by atoms with Gasteiger partial charge in [0.25, 0.3) is 0 Å². The summed E-state index contributed by atoms with van der Waals surface area (Å²) in [5, 5.41) is 2.33. The van der Waals surface area contributed by atoms with Crippen LogP contribution in [-0.4, -0.2) is 19.5 Å². The normalized spacial score (nSPS) is 17.3. The predicted octanol–water partition coefficient (Wildman–Crippen LogP) is 14.3. The van der Waals surface area contributed by atoms with E-state index in [1.165, 1.54) is 33.0 Å². The number of hydrogen-bond donors (Lipinski definition) is 0. The summed E-state index contributed by atoms with van der Waals surface area (Å²) in [5.74, 6) is 0.620. The lowest BCUT2D eigenvalue weighted by Gasteiger charge is -2.30. The zero-order valence-electron chi connectivity index (χ0n) is 36.8. The van der Waals surface area contributed by atoms with Gasteiger partial charge in [-0.25, -0.2) is 8.42 Å². The Balaban J connectivity index is 1.26. The van der Waals surface area contributed by atoms with E-state index >= 15 is 0 Å². The zero-order chi connectivity index (χ0) is 42.6. The highest BCUT2D eigenvalue weighted by Gasteiger charge is 2.33. The molecule has 59 heavy (non-hydrogen) atoms. The van der Waals surface area contributed by atoms with Crippen LogP contribution in [0.4, 0.5) is 11.4 Å². The largest absolute Gasteiger partial charge is 0.454 e. The minimum absolute atomic E-state index is 0.0236. The van der Waals surface area contributed by atoms with Gasteiger partial charge in [-0.15, -0.1) is 0 Å². The summed E-state index contributed by atoms with van der Waals surface area (Å²) in [7, 11) is -3.89. The molecule has 0 N–H and O–H groups in total. The van der Waals surface area contributed by atoms with E-state index in [0.29, 0.717) is 18.0 Å². The number of allylic oxidation sites excluding steroid dienone is 4. The third-order valence-electron chi connectivity index (χ3n) is 12.0. The van der Waals surface area contributed by atoms with Gasteiger partial charge in [0.1, 0.15) is 21.3 Å². The highest BCUT2D eigenvalue weighted by atomic mass is 32.2. The first-order chi connectivity index (χ1) is 27.4. The second-order valence-corrected chi connectivity index (χ2v) is 22.4. The molecule has 0 radical (unpaired) electrons. The van der Waals surface area contributed by atoms with Gasteiger partial charge >= 0.3 is 0 Å². The summed E-state index contributed by atoms with van der Waals surface area (Å²) in [6.07, 6.45) is 6.57. The third kappa shape index (κ3) is 7.13. The second kappa shape index (κ2) is 13.6. The Hall–Kier alpha value is -5.33. The average Bonchev–Trinajstić information content (AvgIpc) is 3.49. The maximum atomic E-state index is 14.4. The SMILES string of the molecule is C=C1/C=C(C(C)(C)C)\C=C/CN(c2ccc3c(c2)Oc2cc(-n4c5ccc(C(C)(C)C)cc5c5cc(C(C)(C)C)ccc54)ccc2S3(=O)=O)c2ccc(C(C)(C)C)cc21. The number of anilines is 2. The fraction of sp³-hybridized carbons (Fsp3) is 0.321. The first-order valence-corrected chi connectivity index (χ1v) is 22.2. The molecule has 0 bridgehead atoms. The van der Waals surface area contributed by atoms with E-state index in [2.05, 4.69) is 172 Å². The van der Waals surface area contributed by atoms with Crippen LogP contribution in [0, 0.1) is 5.41 Å². The fourth-order valence-electron chi connectivity index (χ4n) is 8.28. The van der Waals surface area contributed by atoms with E-state index in [1.54, 1.807) is 12.1 Å². The summed E-state index contributed by atoms with van der Waals surface area (Å²) in [4.78, 5) is 2.54. The molecule has 0 amide bonds. The number of fused-ring (bicyclic) bond motifs is 6. The Morgan fingerprint density at radius 2 is 1.07 bits per heavy atom. The van der Waals surface area contributed by atoms with Crippen LogP contribution in [0.15, 0.2) is 131 Å². The molecule has 0 aliphatic carbocycles. The average molecular weight is 803 g/mol. The molecule has 1 aromatic heterocycles. The highest BCUT2D eigenvalue weighted by molar-refractivity contribution is 7.91. The van der Waals surface area contributed by atoms with Crippen molar-refractivity contribution < 1.29 is 13.2 Å². The molecule has 0 saturated heterocycles. The van der Waals surface area contributed by atoms with Gasteiger partial charge < -0.3 is 14.2 Å². The lowest BCUT2D eigenvalue weighted by Crippen LogP contribution is -2.20. The van der Waals surface area contributed by atoms with E-state index in [-0.39, 0.29) is 31.5 Å². The van der Waals surface area contributed by atoms with Crippen molar-refractivity contribution in [3.05, 3.63) is 144 Å². The van der Waals surface area contributed by atoms with Crippen molar-refractivity contribution in [1.82, 2.24) is 4.57 Å². The van der Waals surface area contributed by atoms with Crippen molar-refractivity contribution in [2.24, 2.45) is 5.41 Å². The summed E-state index contributed by atoms with van der Waals surface area (Å²) >= 11 is 0. The number of ether oxygens (including phenoxy) is 1. The van der Waals surface area contributed by atoms with E-state index in [9.17, 15) is 8.42 Å². The quantitative estimate of drug-likeness (QED) is 0.175. The van der Waals surface area contributed by atoms with Crippen molar-refractivity contribution in [3.8, 4) is 17.2 Å². The topological polar surface area (TPSA) is 51.5 Å². The molecule has 6 heteroatoms. The van der Waals surface area contributed by atoms with Crippen LogP contribution < -0.4 is 9.64 Å². The molecular weight excluding hydrogens is 745 g/mol. The Morgan fingerprint density at radius 1 is 0.576 bits per heavy atom. The van der Waals surface area contributed by atoms with E-state index in [4.69, 9.17) is 4.74 Å². The molecule has 0 saturated carbocycles. The molecule has 6 aromatic rings. The summed E-state index contributed by atoms with van der Waals surface area (Å²) in [5.41, 5.74) is 11.5. The lowest BCUT2D eigenvalue weighted by molar-refractivity contribution is 0.443. The van der Waals surface area contributed by atoms with Crippen LogP contribution in [0.2, 0.25) is 0 Å². The maximum Gasteiger partial charge on any atom is 0.213 e. The molecule has 0 unspecified atom stereocenters. The van der Waals surface area contributed by atoms with Crippen molar-refractivity contribution in [2.75, 3.05) is 11.4 Å². The lowest BCUT2D eigenvalue weighted by atomic mass is 9.82. The number of hydrogen-bond acceptors (Lipinski definition) is 4. The maximum absolute atomic E-state index is 14.4. The van der Waals surface area contributed by atoms with Gasteiger partial charge in [-0.1, -0.05) is 126 Å². The van der Waals surface area contributed by atoms with Crippen molar-refractivity contribution in [1.29, 1.82) is 0 Å². The number of aromatic nitrogens is 1. The molecule has 2 aliphatic rings. The Morgan fingerprint density at radius 3 is 1.59 bits per heavy atom. The van der Waals surface area contributed by atoms with Crippen LogP contribution in [0.25, 0.3) is 33.1 Å². The molecule has 0 spiro atoms. The molecule has 0 fully saturated rings. The predicted molar refractivity (Wildman–Crippen MR) is 248 cm³/mol. The van der Waals surface area contributed by atoms with Gasteiger partial charge in [0.15, 0.2) is 0 Å². The van der Waals surface area contributed by atoms with E-state index in [0.717, 1.165) is 39.2 Å². The van der Waals surface area contributed by atoms with Crippen LogP contribution in [0.5, 0.6) is 11.5 Å². The molecule has 3 heterocycles. The molecular formula is C53H58N2O3S. The van der Waals surface area contributed by atoms with Crippen LogP contribution in [0.1, 0.15) is 105 Å². The van der Waals surface area contributed by atoms with E-state index < -0.39 is 9.84 Å². The molecule has 304 valence electrons. The van der Waals surface area contributed by atoms with E-state index in [1.807, 2.05) is 24.3 Å². The number of nitrogens with zero attached hydrogens (tertiary/aromatic N) is 2. The highest BCUT2D eigenvalue weighted by Crippen LogP contribution is 2.48. The first-order valence-electron chi connectivity index (χ1n) is 20.7. The van der Waals surface area contributed by atoms with Crippen molar-refractivity contribution in [3.63, 3.8) is 0 Å². The summed E-state index contributed by atoms with van der Waals surface area (Å²) < 4.78 is 37.7. The third-order valence-corrected chi connectivity index (χ3v) is 13.8. The monoisotopic (exact) mass is 802 g/mol. The minimum atomic E-state index is -3.89.